The third-order valence-electron chi connectivity index (χ3n) is 5.32. The average molecular weight is 281 g/mol. The number of hydrogen-bond donors (Lipinski definition) is 2. The van der Waals surface area contributed by atoms with Gasteiger partial charge >= 0.3 is 0 Å². The molecule has 0 aromatic carbocycles. The highest BCUT2D eigenvalue weighted by Gasteiger charge is 2.29. The van der Waals surface area contributed by atoms with Crippen LogP contribution in [0.4, 0.5) is 0 Å². The number of carbonyl (C=O) groups is 1. The van der Waals surface area contributed by atoms with E-state index >= 15 is 0 Å². The van der Waals surface area contributed by atoms with Crippen LogP contribution in [-0.4, -0.2) is 43.5 Å². The number of likely N-dealkylation sites (tertiary alicyclic amines) is 1. The van der Waals surface area contributed by atoms with Crippen LogP contribution in [0.3, 0.4) is 0 Å². The predicted molar refractivity (Wildman–Crippen MR) is 82.3 cm³/mol. The molecule has 3 unspecified atom stereocenters. The summed E-state index contributed by atoms with van der Waals surface area (Å²) < 4.78 is 0. The van der Waals surface area contributed by atoms with Crippen molar-refractivity contribution in [3.05, 3.63) is 0 Å². The van der Waals surface area contributed by atoms with Crippen LogP contribution in [0.1, 0.15) is 45.4 Å². The molecule has 3 atom stereocenters. The highest BCUT2D eigenvalue weighted by Crippen LogP contribution is 2.27. The Morgan fingerprint density at radius 2 is 1.95 bits per heavy atom. The van der Waals surface area contributed by atoms with E-state index in [-0.39, 0.29) is 17.9 Å². The maximum atomic E-state index is 12.2. The van der Waals surface area contributed by atoms with Gasteiger partial charge in [-0.1, -0.05) is 6.92 Å². The van der Waals surface area contributed by atoms with Gasteiger partial charge in [0.15, 0.2) is 0 Å². The molecule has 1 heterocycles. The minimum absolute atomic E-state index is 0.152. The molecule has 2 fully saturated rings. The summed E-state index contributed by atoms with van der Waals surface area (Å²) in [5.74, 6) is 1.75. The van der Waals surface area contributed by atoms with Gasteiger partial charge in [0.25, 0.3) is 0 Å². The highest BCUT2D eigenvalue weighted by molar-refractivity contribution is 5.78. The molecule has 116 valence electrons. The Hall–Kier alpha value is -0.610. The Morgan fingerprint density at radius 3 is 2.60 bits per heavy atom. The van der Waals surface area contributed by atoms with Crippen molar-refractivity contribution >= 4 is 5.91 Å². The van der Waals surface area contributed by atoms with Gasteiger partial charge in [0.2, 0.25) is 5.91 Å². The van der Waals surface area contributed by atoms with Crippen molar-refractivity contribution in [2.24, 2.45) is 23.5 Å². The quantitative estimate of drug-likeness (QED) is 0.823. The van der Waals surface area contributed by atoms with Gasteiger partial charge in [-0.2, -0.15) is 0 Å². The lowest BCUT2D eigenvalue weighted by atomic mass is 9.79. The van der Waals surface area contributed by atoms with Gasteiger partial charge < -0.3 is 16.0 Å². The Kier molecular flexibility index (Phi) is 5.85. The highest BCUT2D eigenvalue weighted by atomic mass is 16.1. The van der Waals surface area contributed by atoms with Crippen LogP contribution in [0.25, 0.3) is 0 Å². The van der Waals surface area contributed by atoms with Crippen LogP contribution in [0, 0.1) is 17.8 Å². The summed E-state index contributed by atoms with van der Waals surface area (Å²) in [6, 6.07) is 0.202. The van der Waals surface area contributed by atoms with E-state index in [4.69, 9.17) is 5.73 Å². The lowest BCUT2D eigenvalue weighted by Crippen LogP contribution is -2.42. The number of nitrogens with two attached hydrogens (primary N) is 1. The zero-order valence-electron chi connectivity index (χ0n) is 13.1. The molecule has 1 aliphatic heterocycles. The molecular formula is C16H31N3O. The van der Waals surface area contributed by atoms with Gasteiger partial charge in [0.1, 0.15) is 0 Å². The van der Waals surface area contributed by atoms with Crippen molar-refractivity contribution in [1.82, 2.24) is 10.2 Å². The first kappa shape index (κ1) is 15.8. The second-order valence-electron chi connectivity index (χ2n) is 6.98. The Bertz CT molecular complexity index is 313. The minimum Gasteiger partial charge on any atom is -0.356 e. The second kappa shape index (κ2) is 7.41. The van der Waals surface area contributed by atoms with Crippen molar-refractivity contribution in [3.63, 3.8) is 0 Å². The largest absolute Gasteiger partial charge is 0.356 e. The SMILES string of the molecule is CC1CCC(C(=O)NCCC2CCN(C)CC2)CC1N. The fourth-order valence-electron chi connectivity index (χ4n) is 3.49. The first-order valence-corrected chi connectivity index (χ1v) is 8.28. The molecular weight excluding hydrogens is 250 g/mol. The van der Waals surface area contributed by atoms with Crippen LogP contribution in [0.5, 0.6) is 0 Å². The molecule has 0 radical (unpaired) electrons. The second-order valence-corrected chi connectivity index (χ2v) is 6.98. The van der Waals surface area contributed by atoms with Crippen molar-refractivity contribution in [1.29, 1.82) is 0 Å². The van der Waals surface area contributed by atoms with Gasteiger partial charge in [-0.3, -0.25) is 4.79 Å². The number of amides is 1. The number of rotatable bonds is 4. The van der Waals surface area contributed by atoms with Crippen LogP contribution < -0.4 is 11.1 Å². The number of nitrogens with zero attached hydrogens (tertiary/aromatic N) is 1. The van der Waals surface area contributed by atoms with E-state index in [1.165, 1.54) is 25.9 Å². The summed E-state index contributed by atoms with van der Waals surface area (Å²) in [6.45, 7) is 5.44. The van der Waals surface area contributed by atoms with Crippen LogP contribution in [-0.2, 0) is 4.79 Å². The molecule has 2 aliphatic rings. The van der Waals surface area contributed by atoms with E-state index in [2.05, 4.69) is 24.2 Å². The summed E-state index contributed by atoms with van der Waals surface area (Å²) in [5.41, 5.74) is 6.08. The summed E-state index contributed by atoms with van der Waals surface area (Å²) in [6.07, 6.45) is 6.65. The molecule has 4 nitrogen and oxygen atoms in total. The lowest BCUT2D eigenvalue weighted by Gasteiger charge is -2.31. The first-order chi connectivity index (χ1) is 9.56. The molecule has 0 spiro atoms. The molecule has 20 heavy (non-hydrogen) atoms. The summed E-state index contributed by atoms with van der Waals surface area (Å²) in [4.78, 5) is 14.6. The van der Waals surface area contributed by atoms with Crippen LogP contribution in [0.15, 0.2) is 0 Å². The van der Waals surface area contributed by atoms with Crippen molar-refractivity contribution in [2.45, 2.75) is 51.5 Å². The van der Waals surface area contributed by atoms with Crippen LogP contribution in [0.2, 0.25) is 0 Å². The van der Waals surface area contributed by atoms with Gasteiger partial charge in [-0.05, 0) is 70.5 Å². The van der Waals surface area contributed by atoms with E-state index in [0.29, 0.717) is 5.92 Å². The molecule has 0 aromatic rings. The molecule has 1 saturated heterocycles. The van der Waals surface area contributed by atoms with Crippen molar-refractivity contribution in [3.8, 4) is 0 Å². The smallest absolute Gasteiger partial charge is 0.223 e. The zero-order chi connectivity index (χ0) is 14.5. The number of carbonyl (C=O) groups excluding carboxylic acids is 1. The Labute approximate surface area is 123 Å². The zero-order valence-corrected chi connectivity index (χ0v) is 13.1. The monoisotopic (exact) mass is 281 g/mol. The lowest BCUT2D eigenvalue weighted by molar-refractivity contribution is -0.126. The fraction of sp³-hybridized carbons (Fsp3) is 0.938. The molecule has 0 aromatic heterocycles. The maximum Gasteiger partial charge on any atom is 0.223 e. The minimum atomic E-state index is 0.152. The van der Waals surface area contributed by atoms with Crippen molar-refractivity contribution < 1.29 is 4.79 Å². The van der Waals surface area contributed by atoms with Gasteiger partial charge in [0.05, 0.1) is 0 Å². The van der Waals surface area contributed by atoms with E-state index in [1.807, 2.05) is 0 Å². The molecule has 3 N–H and O–H groups in total. The summed E-state index contributed by atoms with van der Waals surface area (Å²) in [5, 5.41) is 3.14. The molecule has 1 amide bonds. The third kappa shape index (κ3) is 4.45. The molecule has 1 aliphatic carbocycles. The average Bonchev–Trinajstić information content (AvgIpc) is 2.44. The summed E-state index contributed by atoms with van der Waals surface area (Å²) >= 11 is 0. The topological polar surface area (TPSA) is 58.4 Å². The Balaban J connectivity index is 1.63. The predicted octanol–water partition coefficient (Wildman–Crippen LogP) is 1.60. The number of nitrogens with one attached hydrogen (secondary N) is 1. The standard InChI is InChI=1S/C16H31N3O/c1-12-3-4-14(11-15(12)17)16(20)18-8-5-13-6-9-19(2)10-7-13/h12-15H,3-11,17H2,1-2H3,(H,18,20). The van der Waals surface area contributed by atoms with Crippen molar-refractivity contribution in [2.75, 3.05) is 26.7 Å². The third-order valence-corrected chi connectivity index (χ3v) is 5.32. The number of piperidine rings is 1. The number of hydrogen-bond acceptors (Lipinski definition) is 3. The fourth-order valence-corrected chi connectivity index (χ4v) is 3.49. The van der Waals surface area contributed by atoms with E-state index < -0.39 is 0 Å². The van der Waals surface area contributed by atoms with E-state index in [1.54, 1.807) is 0 Å². The molecule has 4 heteroatoms. The molecule has 0 bridgehead atoms. The maximum absolute atomic E-state index is 12.2. The normalized spacial score (nSPS) is 33.0. The summed E-state index contributed by atoms with van der Waals surface area (Å²) in [7, 11) is 2.19. The van der Waals surface area contributed by atoms with Gasteiger partial charge in [-0.25, -0.2) is 0 Å². The van der Waals surface area contributed by atoms with E-state index in [0.717, 1.165) is 38.1 Å². The van der Waals surface area contributed by atoms with Gasteiger partial charge in [-0.15, -0.1) is 0 Å². The molecule has 1 saturated carbocycles. The van der Waals surface area contributed by atoms with E-state index in [9.17, 15) is 4.79 Å². The van der Waals surface area contributed by atoms with Gasteiger partial charge in [0, 0.05) is 18.5 Å². The Morgan fingerprint density at radius 1 is 1.25 bits per heavy atom. The first-order valence-electron chi connectivity index (χ1n) is 8.28. The van der Waals surface area contributed by atoms with Crippen LogP contribution >= 0.6 is 0 Å². The molecule has 2 rings (SSSR count).